The van der Waals surface area contributed by atoms with Gasteiger partial charge in [-0.15, -0.1) is 0 Å². The van der Waals surface area contributed by atoms with Crippen LogP contribution in [0, 0.1) is 0 Å². The van der Waals surface area contributed by atoms with Crippen LogP contribution in [0.4, 0.5) is 16.2 Å². The van der Waals surface area contributed by atoms with Gasteiger partial charge in [0.2, 0.25) is 5.91 Å². The van der Waals surface area contributed by atoms with Gasteiger partial charge in [0, 0.05) is 23.5 Å². The van der Waals surface area contributed by atoms with Gasteiger partial charge in [0.15, 0.2) is 0 Å². The summed E-state index contributed by atoms with van der Waals surface area (Å²) in [6, 6.07) is 7.41. The van der Waals surface area contributed by atoms with Gasteiger partial charge in [-0.2, -0.15) is 0 Å². The van der Waals surface area contributed by atoms with Crippen LogP contribution in [-0.4, -0.2) is 30.1 Å². The Bertz CT molecular complexity index is 585. The van der Waals surface area contributed by atoms with E-state index < -0.39 is 0 Å². The Morgan fingerprint density at radius 1 is 1.08 bits per heavy atom. The van der Waals surface area contributed by atoms with E-state index in [2.05, 4.69) is 33.7 Å². The number of carbonyl (C=O) groups excluding carboxylic acids is 2. The fourth-order valence-electron chi connectivity index (χ4n) is 2.78. The van der Waals surface area contributed by atoms with Gasteiger partial charge in [-0.25, -0.2) is 10.2 Å². The molecule has 0 bridgehead atoms. The molecule has 24 heavy (non-hydrogen) atoms. The molecule has 2 atom stereocenters. The van der Waals surface area contributed by atoms with Crippen LogP contribution in [0.1, 0.15) is 39.0 Å². The topological polar surface area (TPSA) is 94.3 Å². The van der Waals surface area contributed by atoms with Crippen LogP contribution in [0.25, 0.3) is 0 Å². The number of amides is 3. The number of rotatable bonds is 6. The third-order valence-corrected chi connectivity index (χ3v) is 4.26. The molecule has 1 aromatic carbocycles. The summed E-state index contributed by atoms with van der Waals surface area (Å²) < 4.78 is 0. The number of anilines is 2. The van der Waals surface area contributed by atoms with E-state index in [9.17, 15) is 9.59 Å². The quantitative estimate of drug-likeness (QED) is 0.551. The van der Waals surface area contributed by atoms with Crippen molar-refractivity contribution in [2.24, 2.45) is 0 Å². The van der Waals surface area contributed by atoms with Gasteiger partial charge in [-0.1, -0.05) is 13.3 Å². The zero-order chi connectivity index (χ0) is 16.9. The summed E-state index contributed by atoms with van der Waals surface area (Å²) in [6.45, 7) is 2.13. The lowest BCUT2D eigenvalue weighted by molar-refractivity contribution is -0.117. The molecule has 7 heteroatoms. The van der Waals surface area contributed by atoms with Crippen LogP contribution in [0.3, 0.4) is 0 Å². The maximum absolute atomic E-state index is 12.3. The number of urea groups is 1. The summed E-state index contributed by atoms with van der Waals surface area (Å²) in [6.07, 6.45) is 5.06. The highest BCUT2D eigenvalue weighted by atomic mass is 16.2. The van der Waals surface area contributed by atoms with Crippen molar-refractivity contribution in [3.05, 3.63) is 24.3 Å². The van der Waals surface area contributed by atoms with Gasteiger partial charge in [-0.3, -0.25) is 10.2 Å². The molecule has 1 aliphatic heterocycles. The van der Waals surface area contributed by atoms with Gasteiger partial charge in [0.25, 0.3) is 0 Å². The number of hydrogen-bond donors (Lipinski definition) is 5. The van der Waals surface area contributed by atoms with Gasteiger partial charge in [0.1, 0.15) is 6.04 Å². The SMILES string of the molecule is CCCC1CC(C(=O)Nc2ccc(NC(=O)NC3CC3)cc2)NN1. The van der Waals surface area contributed by atoms with Crippen molar-refractivity contribution in [2.75, 3.05) is 10.6 Å². The molecule has 5 N–H and O–H groups in total. The van der Waals surface area contributed by atoms with Crippen LogP contribution in [0.2, 0.25) is 0 Å². The van der Waals surface area contributed by atoms with Crippen molar-refractivity contribution < 1.29 is 9.59 Å². The monoisotopic (exact) mass is 331 g/mol. The summed E-state index contributed by atoms with van der Waals surface area (Å²) in [7, 11) is 0. The largest absolute Gasteiger partial charge is 0.335 e. The minimum atomic E-state index is -0.219. The maximum atomic E-state index is 12.3. The average Bonchev–Trinajstić information content (AvgIpc) is 3.24. The van der Waals surface area contributed by atoms with Gasteiger partial charge in [0.05, 0.1) is 0 Å². The second-order valence-corrected chi connectivity index (χ2v) is 6.50. The molecule has 7 nitrogen and oxygen atoms in total. The fourth-order valence-corrected chi connectivity index (χ4v) is 2.78. The Labute approximate surface area is 141 Å². The zero-order valence-electron chi connectivity index (χ0n) is 13.9. The lowest BCUT2D eigenvalue weighted by Gasteiger charge is -2.11. The Morgan fingerprint density at radius 3 is 2.38 bits per heavy atom. The van der Waals surface area contributed by atoms with Crippen molar-refractivity contribution in [1.29, 1.82) is 0 Å². The van der Waals surface area contributed by atoms with E-state index in [0.29, 0.717) is 23.5 Å². The number of hydrazine groups is 1. The van der Waals surface area contributed by atoms with Crippen LogP contribution in [-0.2, 0) is 4.79 Å². The van der Waals surface area contributed by atoms with Crippen LogP contribution in [0.15, 0.2) is 24.3 Å². The molecule has 0 radical (unpaired) electrons. The first-order valence-corrected chi connectivity index (χ1v) is 8.63. The second-order valence-electron chi connectivity index (χ2n) is 6.50. The van der Waals surface area contributed by atoms with Crippen molar-refractivity contribution >= 4 is 23.3 Å². The highest BCUT2D eigenvalue weighted by molar-refractivity contribution is 5.95. The predicted octanol–water partition coefficient (Wildman–Crippen LogP) is 1.94. The highest BCUT2D eigenvalue weighted by Crippen LogP contribution is 2.19. The number of carbonyl (C=O) groups is 2. The molecule has 0 aromatic heterocycles. The second kappa shape index (κ2) is 7.63. The first kappa shape index (κ1) is 16.7. The van der Waals surface area contributed by atoms with Crippen LogP contribution < -0.4 is 26.8 Å². The van der Waals surface area contributed by atoms with E-state index in [-0.39, 0.29) is 18.0 Å². The molecular formula is C17H25N5O2. The van der Waals surface area contributed by atoms with Crippen molar-refractivity contribution in [1.82, 2.24) is 16.2 Å². The summed E-state index contributed by atoms with van der Waals surface area (Å²) in [5.41, 5.74) is 7.63. The normalized spacial score (nSPS) is 22.9. The van der Waals surface area contributed by atoms with E-state index in [1.54, 1.807) is 24.3 Å². The summed E-state index contributed by atoms with van der Waals surface area (Å²) >= 11 is 0. The number of benzene rings is 1. The molecule has 2 aliphatic rings. The summed E-state index contributed by atoms with van der Waals surface area (Å²) in [5, 5.41) is 8.55. The summed E-state index contributed by atoms with van der Waals surface area (Å²) in [5.74, 6) is -0.0479. The minimum absolute atomic E-state index is 0.0479. The van der Waals surface area contributed by atoms with Crippen LogP contribution >= 0.6 is 0 Å². The lowest BCUT2D eigenvalue weighted by atomic mass is 10.1. The molecule has 1 saturated carbocycles. The molecule has 2 fully saturated rings. The molecule has 1 aliphatic carbocycles. The van der Waals surface area contributed by atoms with E-state index >= 15 is 0 Å². The van der Waals surface area contributed by atoms with Crippen molar-refractivity contribution in [2.45, 2.75) is 57.2 Å². The number of hydrogen-bond acceptors (Lipinski definition) is 4. The molecule has 2 unspecified atom stereocenters. The fraction of sp³-hybridized carbons (Fsp3) is 0.529. The lowest BCUT2D eigenvalue weighted by Crippen LogP contribution is -2.40. The Hall–Kier alpha value is -2.12. The molecule has 0 spiro atoms. The Morgan fingerprint density at radius 2 is 1.75 bits per heavy atom. The van der Waals surface area contributed by atoms with Crippen LogP contribution in [0.5, 0.6) is 0 Å². The Balaban J connectivity index is 1.46. The molecule has 3 amide bonds. The third-order valence-electron chi connectivity index (χ3n) is 4.26. The van der Waals surface area contributed by atoms with E-state index in [1.807, 2.05) is 0 Å². The van der Waals surface area contributed by atoms with Crippen molar-refractivity contribution in [3.63, 3.8) is 0 Å². The molecule has 1 heterocycles. The predicted molar refractivity (Wildman–Crippen MR) is 93.6 cm³/mol. The molecule has 3 rings (SSSR count). The first-order chi connectivity index (χ1) is 11.6. The van der Waals surface area contributed by atoms with Gasteiger partial charge < -0.3 is 16.0 Å². The van der Waals surface area contributed by atoms with Gasteiger partial charge >= 0.3 is 6.03 Å². The zero-order valence-corrected chi connectivity index (χ0v) is 13.9. The molecular weight excluding hydrogens is 306 g/mol. The molecule has 1 saturated heterocycles. The Kier molecular flexibility index (Phi) is 5.32. The average molecular weight is 331 g/mol. The number of nitrogens with one attached hydrogen (secondary N) is 5. The third kappa shape index (κ3) is 4.69. The highest BCUT2D eigenvalue weighted by Gasteiger charge is 2.28. The minimum Gasteiger partial charge on any atom is -0.335 e. The first-order valence-electron chi connectivity index (χ1n) is 8.63. The molecule has 130 valence electrons. The molecule has 1 aromatic rings. The standard InChI is InChI=1S/C17H25N5O2/c1-2-3-14-10-15(22-21-14)16(23)18-11-4-6-12(7-5-11)19-17(24)20-13-8-9-13/h4-7,13-15,21-22H,2-3,8-10H2,1H3,(H,18,23)(H2,19,20,24). The van der Waals surface area contributed by atoms with E-state index in [1.165, 1.54) is 0 Å². The van der Waals surface area contributed by atoms with E-state index in [4.69, 9.17) is 0 Å². The van der Waals surface area contributed by atoms with Gasteiger partial charge in [-0.05, 0) is 49.9 Å². The summed E-state index contributed by atoms with van der Waals surface area (Å²) in [4.78, 5) is 23.9. The maximum Gasteiger partial charge on any atom is 0.319 e. The van der Waals surface area contributed by atoms with E-state index in [0.717, 1.165) is 32.1 Å². The smallest absolute Gasteiger partial charge is 0.319 e. The van der Waals surface area contributed by atoms with Crippen molar-refractivity contribution in [3.8, 4) is 0 Å².